The van der Waals surface area contributed by atoms with Crippen LogP contribution in [-0.4, -0.2) is 37.2 Å². The van der Waals surface area contributed by atoms with Crippen LogP contribution < -0.4 is 0 Å². The number of hydrogen-bond acceptors (Lipinski definition) is 6. The average Bonchev–Trinajstić information content (AvgIpc) is 3.42. The molecule has 0 aliphatic rings. The van der Waals surface area contributed by atoms with Crippen LogP contribution in [0.3, 0.4) is 0 Å². The molecule has 0 heterocycles. The zero-order valence-corrected chi connectivity index (χ0v) is 51.0. The Labute approximate surface area is 473 Å². The number of unbranched alkanes of at least 4 members (excludes halogenated alkanes) is 43. The SMILES string of the molecule is CC/C=C\C/C=C\C/C=C\CCCCCCCCCC(=O)OCC(COC(=O)CCCCCCCCCCCCC/C=C\CCCCCCCCCC)OC(=O)CCCCCCCCCCCCCCCCCCCC. The molecule has 6 nitrogen and oxygen atoms in total. The van der Waals surface area contributed by atoms with Crippen LogP contribution in [-0.2, 0) is 28.6 Å². The van der Waals surface area contributed by atoms with Gasteiger partial charge in [-0.25, -0.2) is 0 Å². The minimum Gasteiger partial charge on any atom is -0.462 e. The molecule has 6 heteroatoms. The van der Waals surface area contributed by atoms with Gasteiger partial charge in [-0.1, -0.05) is 313 Å². The third kappa shape index (κ3) is 62.2. The first-order valence-corrected chi connectivity index (χ1v) is 33.6. The summed E-state index contributed by atoms with van der Waals surface area (Å²) in [6.45, 7) is 6.59. The Balaban J connectivity index is 4.31. The van der Waals surface area contributed by atoms with Crippen molar-refractivity contribution >= 4 is 17.9 Å². The van der Waals surface area contributed by atoms with Crippen molar-refractivity contribution in [3.63, 3.8) is 0 Å². The van der Waals surface area contributed by atoms with Gasteiger partial charge in [0.15, 0.2) is 6.10 Å². The molecule has 0 aromatic carbocycles. The van der Waals surface area contributed by atoms with Gasteiger partial charge in [-0.3, -0.25) is 14.4 Å². The van der Waals surface area contributed by atoms with Crippen molar-refractivity contribution in [2.75, 3.05) is 13.2 Å². The van der Waals surface area contributed by atoms with E-state index in [-0.39, 0.29) is 31.1 Å². The molecule has 0 spiro atoms. The quantitative estimate of drug-likeness (QED) is 0.0261. The van der Waals surface area contributed by atoms with E-state index in [2.05, 4.69) is 69.4 Å². The van der Waals surface area contributed by atoms with Crippen LogP contribution in [0.15, 0.2) is 48.6 Å². The fourth-order valence-electron chi connectivity index (χ4n) is 10.0. The second kappa shape index (κ2) is 64.9. The summed E-state index contributed by atoms with van der Waals surface area (Å²) in [6, 6.07) is 0. The standard InChI is InChI=1S/C70H128O6/c1-4-7-10-13-16-19-22-25-28-31-33-34-35-36-37-40-42-45-48-51-54-57-60-63-69(72)75-66-67(65-74-68(71)62-59-56-53-50-47-44-41-38-30-27-24-21-18-15-12-9-6-3)76-70(73)64-61-58-55-52-49-46-43-39-32-29-26-23-20-17-14-11-8-5-2/h9,12,18,21,27,30-31,33,67H,4-8,10-11,13-17,19-20,22-26,28-29,32,34-66H2,1-3H3/b12-9-,21-18-,30-27-,33-31-. The van der Waals surface area contributed by atoms with E-state index < -0.39 is 6.10 Å². The second-order valence-corrected chi connectivity index (χ2v) is 22.7. The van der Waals surface area contributed by atoms with Crippen LogP contribution in [0.1, 0.15) is 361 Å². The van der Waals surface area contributed by atoms with Crippen molar-refractivity contribution < 1.29 is 28.6 Å². The summed E-state index contributed by atoms with van der Waals surface area (Å²) in [7, 11) is 0. The Morgan fingerprint density at radius 2 is 0.513 bits per heavy atom. The number of ether oxygens (including phenoxy) is 3. The molecule has 0 aromatic rings. The van der Waals surface area contributed by atoms with Gasteiger partial charge in [0.2, 0.25) is 0 Å². The molecule has 0 saturated heterocycles. The zero-order valence-electron chi connectivity index (χ0n) is 51.0. The van der Waals surface area contributed by atoms with E-state index in [1.54, 1.807) is 0 Å². The predicted molar refractivity (Wildman–Crippen MR) is 330 cm³/mol. The van der Waals surface area contributed by atoms with Crippen LogP contribution in [0.4, 0.5) is 0 Å². The maximum atomic E-state index is 12.9. The van der Waals surface area contributed by atoms with E-state index in [4.69, 9.17) is 14.2 Å². The molecule has 0 aliphatic carbocycles. The molecule has 0 rings (SSSR count). The van der Waals surface area contributed by atoms with Crippen molar-refractivity contribution in [1.29, 1.82) is 0 Å². The van der Waals surface area contributed by atoms with Gasteiger partial charge >= 0.3 is 17.9 Å². The lowest BCUT2D eigenvalue weighted by Crippen LogP contribution is -2.30. The van der Waals surface area contributed by atoms with Crippen LogP contribution in [0.5, 0.6) is 0 Å². The monoisotopic (exact) mass is 1060 g/mol. The normalized spacial score (nSPS) is 12.3. The van der Waals surface area contributed by atoms with Gasteiger partial charge in [0, 0.05) is 19.3 Å². The summed E-state index contributed by atoms with van der Waals surface area (Å²) in [5.41, 5.74) is 0. The van der Waals surface area contributed by atoms with Crippen molar-refractivity contribution in [2.45, 2.75) is 367 Å². The lowest BCUT2D eigenvalue weighted by atomic mass is 10.0. The number of rotatable bonds is 62. The predicted octanol–water partition coefficient (Wildman–Crippen LogP) is 22.9. The van der Waals surface area contributed by atoms with Gasteiger partial charge in [-0.2, -0.15) is 0 Å². The first kappa shape index (κ1) is 73.4. The number of carbonyl (C=O) groups is 3. The second-order valence-electron chi connectivity index (χ2n) is 22.7. The number of carbonyl (C=O) groups excluding carboxylic acids is 3. The van der Waals surface area contributed by atoms with Gasteiger partial charge in [0.25, 0.3) is 0 Å². The fourth-order valence-corrected chi connectivity index (χ4v) is 10.0. The number of esters is 3. The Hall–Kier alpha value is -2.63. The molecule has 0 aliphatic heterocycles. The van der Waals surface area contributed by atoms with Crippen LogP contribution >= 0.6 is 0 Å². The molecule has 0 N–H and O–H groups in total. The lowest BCUT2D eigenvalue weighted by Gasteiger charge is -2.18. The van der Waals surface area contributed by atoms with Gasteiger partial charge in [0.1, 0.15) is 13.2 Å². The number of allylic oxidation sites excluding steroid dienone is 8. The molecule has 1 atom stereocenters. The molecule has 76 heavy (non-hydrogen) atoms. The fraction of sp³-hybridized carbons (Fsp3) is 0.843. The van der Waals surface area contributed by atoms with Gasteiger partial charge in [-0.15, -0.1) is 0 Å². The Kier molecular flexibility index (Phi) is 62.6. The minimum atomic E-state index is -0.776. The first-order valence-electron chi connectivity index (χ1n) is 33.6. The Bertz CT molecular complexity index is 1310. The van der Waals surface area contributed by atoms with Crippen molar-refractivity contribution in [3.05, 3.63) is 48.6 Å². The van der Waals surface area contributed by atoms with E-state index >= 15 is 0 Å². The van der Waals surface area contributed by atoms with Crippen molar-refractivity contribution in [2.24, 2.45) is 0 Å². The van der Waals surface area contributed by atoms with E-state index in [9.17, 15) is 14.4 Å². The lowest BCUT2D eigenvalue weighted by molar-refractivity contribution is -0.167. The van der Waals surface area contributed by atoms with Crippen LogP contribution in [0.2, 0.25) is 0 Å². The van der Waals surface area contributed by atoms with Crippen molar-refractivity contribution in [1.82, 2.24) is 0 Å². The molecule has 0 bridgehead atoms. The smallest absolute Gasteiger partial charge is 0.306 e. The van der Waals surface area contributed by atoms with Gasteiger partial charge in [0.05, 0.1) is 0 Å². The van der Waals surface area contributed by atoms with Gasteiger partial charge < -0.3 is 14.2 Å². The largest absolute Gasteiger partial charge is 0.462 e. The summed E-state index contributed by atoms with van der Waals surface area (Å²) in [5.74, 6) is -0.858. The summed E-state index contributed by atoms with van der Waals surface area (Å²) < 4.78 is 17.0. The summed E-state index contributed by atoms with van der Waals surface area (Å²) in [5, 5.41) is 0. The van der Waals surface area contributed by atoms with E-state index in [0.717, 1.165) is 83.5 Å². The molecule has 0 radical (unpaired) electrons. The van der Waals surface area contributed by atoms with E-state index in [1.807, 2.05) is 0 Å². The third-order valence-corrected chi connectivity index (χ3v) is 15.1. The maximum absolute atomic E-state index is 12.9. The molecule has 0 saturated carbocycles. The van der Waals surface area contributed by atoms with Gasteiger partial charge in [-0.05, 0) is 77.0 Å². The highest BCUT2D eigenvalue weighted by Crippen LogP contribution is 2.18. The summed E-state index contributed by atoms with van der Waals surface area (Å²) in [4.78, 5) is 38.4. The molecule has 0 aromatic heterocycles. The highest BCUT2D eigenvalue weighted by atomic mass is 16.6. The summed E-state index contributed by atoms with van der Waals surface area (Å²) in [6.07, 6.45) is 81.2. The highest BCUT2D eigenvalue weighted by molar-refractivity contribution is 5.71. The topological polar surface area (TPSA) is 78.9 Å². The molecular weight excluding hydrogens is 937 g/mol. The molecule has 1 unspecified atom stereocenters. The van der Waals surface area contributed by atoms with Crippen LogP contribution in [0.25, 0.3) is 0 Å². The zero-order chi connectivity index (χ0) is 55.0. The Morgan fingerprint density at radius 1 is 0.276 bits per heavy atom. The molecule has 0 fully saturated rings. The van der Waals surface area contributed by atoms with E-state index in [0.29, 0.717) is 19.3 Å². The maximum Gasteiger partial charge on any atom is 0.306 e. The minimum absolute atomic E-state index is 0.0726. The first-order chi connectivity index (χ1) is 37.5. The third-order valence-electron chi connectivity index (χ3n) is 15.1. The molecular formula is C70H128O6. The molecule has 444 valence electrons. The summed E-state index contributed by atoms with van der Waals surface area (Å²) >= 11 is 0. The number of hydrogen-bond donors (Lipinski definition) is 0. The van der Waals surface area contributed by atoms with Crippen molar-refractivity contribution in [3.8, 4) is 0 Å². The Morgan fingerprint density at radius 3 is 0.816 bits per heavy atom. The van der Waals surface area contributed by atoms with E-state index in [1.165, 1.54) is 238 Å². The highest BCUT2D eigenvalue weighted by Gasteiger charge is 2.19. The average molecular weight is 1070 g/mol. The molecule has 0 amide bonds. The van der Waals surface area contributed by atoms with Crippen LogP contribution in [0, 0.1) is 0 Å².